The molecule has 0 spiro atoms. The van der Waals surface area contributed by atoms with Crippen LogP contribution in [-0.4, -0.2) is 12.6 Å². The smallest absolute Gasteiger partial charge is 0.0408 e. The van der Waals surface area contributed by atoms with Gasteiger partial charge in [-0.05, 0) is 62.3 Å². The zero-order valence-corrected chi connectivity index (χ0v) is 12.8. The molecule has 1 saturated carbocycles. The summed E-state index contributed by atoms with van der Waals surface area (Å²) in [5.41, 5.74) is 1.37. The van der Waals surface area contributed by atoms with Gasteiger partial charge in [0.15, 0.2) is 0 Å². The third kappa shape index (κ3) is 4.81. The highest BCUT2D eigenvalue weighted by Gasteiger charge is 2.24. The number of aryl methyl sites for hydroxylation is 1. The van der Waals surface area contributed by atoms with Crippen molar-refractivity contribution in [1.82, 2.24) is 5.32 Å². The number of hydrogen-bond donors (Lipinski definition) is 1. The van der Waals surface area contributed by atoms with E-state index < -0.39 is 0 Å². The van der Waals surface area contributed by atoms with Crippen LogP contribution < -0.4 is 5.32 Å². The van der Waals surface area contributed by atoms with Crippen LogP contribution in [0.3, 0.4) is 0 Å². The average molecular weight is 280 g/mol. The van der Waals surface area contributed by atoms with E-state index in [1.54, 1.807) is 0 Å². The molecular formula is C17H26ClN. The van der Waals surface area contributed by atoms with E-state index in [9.17, 15) is 0 Å². The molecule has 0 amide bonds. The van der Waals surface area contributed by atoms with Gasteiger partial charge in [0, 0.05) is 11.1 Å². The standard InChI is InChI=1S/C17H26ClN/c1-2-12-19-17(15-7-3-4-8-15)11-10-14-6-5-9-16(18)13-14/h5-6,9,13,15,17,19H,2-4,7-8,10-12H2,1H3. The summed E-state index contributed by atoms with van der Waals surface area (Å²) in [7, 11) is 0. The van der Waals surface area contributed by atoms with Gasteiger partial charge in [0.1, 0.15) is 0 Å². The first kappa shape index (κ1) is 14.9. The molecular weight excluding hydrogens is 254 g/mol. The highest BCUT2D eigenvalue weighted by Crippen LogP contribution is 2.29. The Kier molecular flexibility index (Phi) is 6.19. The van der Waals surface area contributed by atoms with E-state index in [2.05, 4.69) is 30.4 Å². The maximum absolute atomic E-state index is 6.06. The van der Waals surface area contributed by atoms with E-state index in [-0.39, 0.29) is 0 Å². The van der Waals surface area contributed by atoms with E-state index in [0.717, 1.165) is 23.9 Å². The number of benzene rings is 1. The van der Waals surface area contributed by atoms with Crippen molar-refractivity contribution in [1.29, 1.82) is 0 Å². The van der Waals surface area contributed by atoms with Crippen molar-refractivity contribution in [3.8, 4) is 0 Å². The molecule has 19 heavy (non-hydrogen) atoms. The Morgan fingerprint density at radius 3 is 2.79 bits per heavy atom. The van der Waals surface area contributed by atoms with E-state index in [0.29, 0.717) is 6.04 Å². The third-order valence-electron chi connectivity index (χ3n) is 4.26. The second kappa shape index (κ2) is 7.91. The molecule has 1 aromatic rings. The molecule has 0 radical (unpaired) electrons. The van der Waals surface area contributed by atoms with Crippen LogP contribution in [0, 0.1) is 5.92 Å². The van der Waals surface area contributed by atoms with Gasteiger partial charge in [-0.2, -0.15) is 0 Å². The lowest BCUT2D eigenvalue weighted by atomic mass is 9.92. The molecule has 2 rings (SSSR count). The lowest BCUT2D eigenvalue weighted by molar-refractivity contribution is 0.341. The SMILES string of the molecule is CCCNC(CCc1cccc(Cl)c1)C1CCCC1. The summed E-state index contributed by atoms with van der Waals surface area (Å²) in [4.78, 5) is 0. The van der Waals surface area contributed by atoms with Crippen LogP contribution in [0.5, 0.6) is 0 Å². The van der Waals surface area contributed by atoms with Crippen molar-refractivity contribution >= 4 is 11.6 Å². The Labute approximate surface area is 122 Å². The molecule has 1 aliphatic carbocycles. The van der Waals surface area contributed by atoms with Crippen molar-refractivity contribution in [2.75, 3.05) is 6.54 Å². The van der Waals surface area contributed by atoms with Crippen molar-refractivity contribution in [3.63, 3.8) is 0 Å². The normalized spacial score (nSPS) is 17.8. The van der Waals surface area contributed by atoms with Gasteiger partial charge in [-0.15, -0.1) is 0 Å². The minimum atomic E-state index is 0.696. The van der Waals surface area contributed by atoms with Crippen LogP contribution >= 0.6 is 11.6 Å². The topological polar surface area (TPSA) is 12.0 Å². The molecule has 0 saturated heterocycles. The predicted molar refractivity (Wildman–Crippen MR) is 83.8 cm³/mol. The summed E-state index contributed by atoms with van der Waals surface area (Å²) < 4.78 is 0. The fraction of sp³-hybridized carbons (Fsp3) is 0.647. The Morgan fingerprint density at radius 2 is 2.11 bits per heavy atom. The number of hydrogen-bond acceptors (Lipinski definition) is 1. The lowest BCUT2D eigenvalue weighted by Gasteiger charge is -2.25. The Hall–Kier alpha value is -0.530. The fourth-order valence-electron chi connectivity index (χ4n) is 3.21. The first-order valence-corrected chi connectivity index (χ1v) is 8.15. The third-order valence-corrected chi connectivity index (χ3v) is 4.49. The van der Waals surface area contributed by atoms with Crippen LogP contribution in [0.4, 0.5) is 0 Å². The second-order valence-electron chi connectivity index (χ2n) is 5.77. The minimum Gasteiger partial charge on any atom is -0.314 e. The van der Waals surface area contributed by atoms with Gasteiger partial charge in [0.25, 0.3) is 0 Å². The van der Waals surface area contributed by atoms with Gasteiger partial charge in [0.2, 0.25) is 0 Å². The Morgan fingerprint density at radius 1 is 1.32 bits per heavy atom. The lowest BCUT2D eigenvalue weighted by Crippen LogP contribution is -2.36. The molecule has 0 aromatic heterocycles. The number of halogens is 1. The van der Waals surface area contributed by atoms with Gasteiger partial charge >= 0.3 is 0 Å². The summed E-state index contributed by atoms with van der Waals surface area (Å²) in [5, 5.41) is 4.62. The van der Waals surface area contributed by atoms with Crippen LogP contribution in [0.25, 0.3) is 0 Å². The van der Waals surface area contributed by atoms with E-state index >= 15 is 0 Å². The highest BCUT2D eigenvalue weighted by molar-refractivity contribution is 6.30. The fourth-order valence-corrected chi connectivity index (χ4v) is 3.42. The number of nitrogens with one attached hydrogen (secondary N) is 1. The van der Waals surface area contributed by atoms with E-state index in [4.69, 9.17) is 11.6 Å². The quantitative estimate of drug-likeness (QED) is 0.754. The van der Waals surface area contributed by atoms with Crippen LogP contribution in [0.15, 0.2) is 24.3 Å². The molecule has 1 N–H and O–H groups in total. The maximum atomic E-state index is 6.06. The van der Waals surface area contributed by atoms with Crippen LogP contribution in [0.2, 0.25) is 5.02 Å². The highest BCUT2D eigenvalue weighted by atomic mass is 35.5. The largest absolute Gasteiger partial charge is 0.314 e. The van der Waals surface area contributed by atoms with Gasteiger partial charge in [-0.3, -0.25) is 0 Å². The summed E-state index contributed by atoms with van der Waals surface area (Å²) >= 11 is 6.06. The van der Waals surface area contributed by atoms with E-state index in [1.165, 1.54) is 44.1 Å². The summed E-state index contributed by atoms with van der Waals surface area (Å²) in [6.07, 6.45) is 9.27. The zero-order valence-electron chi connectivity index (χ0n) is 12.0. The van der Waals surface area contributed by atoms with Crippen molar-refractivity contribution in [2.24, 2.45) is 5.92 Å². The zero-order chi connectivity index (χ0) is 13.5. The van der Waals surface area contributed by atoms with Crippen molar-refractivity contribution < 1.29 is 0 Å². The van der Waals surface area contributed by atoms with Gasteiger partial charge in [-0.25, -0.2) is 0 Å². The molecule has 0 aliphatic heterocycles. The van der Waals surface area contributed by atoms with Gasteiger partial charge < -0.3 is 5.32 Å². The summed E-state index contributed by atoms with van der Waals surface area (Å²) in [5.74, 6) is 0.894. The molecule has 1 atom stereocenters. The Balaban J connectivity index is 1.88. The molecule has 1 nitrogen and oxygen atoms in total. The second-order valence-corrected chi connectivity index (χ2v) is 6.21. The van der Waals surface area contributed by atoms with Crippen molar-refractivity contribution in [3.05, 3.63) is 34.9 Å². The van der Waals surface area contributed by atoms with Crippen molar-refractivity contribution in [2.45, 2.75) is 57.9 Å². The minimum absolute atomic E-state index is 0.696. The first-order chi connectivity index (χ1) is 9.29. The Bertz CT molecular complexity index is 371. The first-order valence-electron chi connectivity index (χ1n) is 7.77. The molecule has 1 aromatic carbocycles. The van der Waals surface area contributed by atoms with Crippen LogP contribution in [-0.2, 0) is 6.42 Å². The monoisotopic (exact) mass is 279 g/mol. The molecule has 0 heterocycles. The molecule has 1 aliphatic rings. The number of rotatable bonds is 7. The molecule has 1 fully saturated rings. The molecule has 106 valence electrons. The van der Waals surface area contributed by atoms with E-state index in [1.807, 2.05) is 6.07 Å². The van der Waals surface area contributed by atoms with Gasteiger partial charge in [0.05, 0.1) is 0 Å². The summed E-state index contributed by atoms with van der Waals surface area (Å²) in [6.45, 7) is 3.40. The van der Waals surface area contributed by atoms with Gasteiger partial charge in [-0.1, -0.05) is 43.5 Å². The van der Waals surface area contributed by atoms with Crippen LogP contribution in [0.1, 0.15) is 51.0 Å². The average Bonchev–Trinajstić information content (AvgIpc) is 2.93. The molecule has 1 unspecified atom stereocenters. The molecule has 2 heteroatoms. The summed E-state index contributed by atoms with van der Waals surface area (Å²) in [6, 6.07) is 9.00. The maximum Gasteiger partial charge on any atom is 0.0408 e. The molecule has 0 bridgehead atoms. The predicted octanol–water partition coefficient (Wildman–Crippen LogP) is 4.83.